The smallest absolute Gasteiger partial charge is 0.307 e. The van der Waals surface area contributed by atoms with Gasteiger partial charge in [0.15, 0.2) is 0 Å². The molecule has 4 nitrogen and oxygen atoms in total. The highest BCUT2D eigenvalue weighted by molar-refractivity contribution is 7.99. The molecule has 1 N–H and O–H groups in total. The lowest BCUT2D eigenvalue weighted by molar-refractivity contribution is -0.136. The number of carboxylic acids is 1. The molecule has 2 saturated heterocycles. The molecule has 1 spiro atoms. The monoisotopic (exact) mass is 308 g/mol. The molecule has 1 aromatic rings. The second kappa shape index (κ2) is 6.28. The third kappa shape index (κ3) is 3.71. The van der Waals surface area contributed by atoms with Crippen LogP contribution in [0.3, 0.4) is 0 Å². The Morgan fingerprint density at radius 3 is 2.90 bits per heavy atom. The Hall–Kier alpha value is -1.20. The summed E-state index contributed by atoms with van der Waals surface area (Å²) < 4.78 is 12.1. The van der Waals surface area contributed by atoms with E-state index in [0.717, 1.165) is 42.9 Å². The molecule has 2 unspecified atom stereocenters. The van der Waals surface area contributed by atoms with E-state index in [-0.39, 0.29) is 18.1 Å². The molecular weight excluding hydrogens is 288 g/mol. The summed E-state index contributed by atoms with van der Waals surface area (Å²) in [6.07, 6.45) is 3.25. The molecule has 1 aromatic carbocycles. The van der Waals surface area contributed by atoms with Crippen LogP contribution < -0.4 is 4.74 Å². The van der Waals surface area contributed by atoms with Gasteiger partial charge in [-0.2, -0.15) is 11.8 Å². The van der Waals surface area contributed by atoms with Gasteiger partial charge in [0.2, 0.25) is 0 Å². The Bertz CT molecular complexity index is 494. The van der Waals surface area contributed by atoms with Crippen LogP contribution in [0, 0.1) is 0 Å². The highest BCUT2D eigenvalue weighted by atomic mass is 32.2. The van der Waals surface area contributed by atoms with Gasteiger partial charge in [0.1, 0.15) is 11.9 Å². The fourth-order valence-electron chi connectivity index (χ4n) is 3.00. The Morgan fingerprint density at radius 1 is 1.43 bits per heavy atom. The summed E-state index contributed by atoms with van der Waals surface area (Å²) in [5.41, 5.74) is 0.821. The van der Waals surface area contributed by atoms with E-state index in [4.69, 9.17) is 14.6 Å². The summed E-state index contributed by atoms with van der Waals surface area (Å²) in [6, 6.07) is 7.38. The van der Waals surface area contributed by atoms with Gasteiger partial charge in [0, 0.05) is 18.6 Å². The van der Waals surface area contributed by atoms with Gasteiger partial charge in [0.05, 0.1) is 18.6 Å². The van der Waals surface area contributed by atoms with Crippen LogP contribution in [0.15, 0.2) is 24.3 Å². The molecule has 0 aromatic heterocycles. The molecule has 0 radical (unpaired) electrons. The van der Waals surface area contributed by atoms with Crippen molar-refractivity contribution in [2.75, 3.05) is 18.1 Å². The van der Waals surface area contributed by atoms with Gasteiger partial charge >= 0.3 is 5.97 Å². The van der Waals surface area contributed by atoms with Crippen molar-refractivity contribution in [1.29, 1.82) is 0 Å². The standard InChI is InChI=1S/C16H20O4S/c17-15(18)9-12-1-3-13(4-2-12)20-14-5-7-19-16(10-14)6-8-21-11-16/h1-4,14H,5-11H2,(H,17,18). The first-order valence-corrected chi connectivity index (χ1v) is 8.50. The zero-order valence-corrected chi connectivity index (χ0v) is 12.7. The summed E-state index contributed by atoms with van der Waals surface area (Å²) in [6.45, 7) is 0.766. The maximum atomic E-state index is 10.7. The molecule has 2 fully saturated rings. The molecule has 0 saturated carbocycles. The van der Waals surface area contributed by atoms with Crippen LogP contribution in [0.5, 0.6) is 5.75 Å². The van der Waals surface area contributed by atoms with Crippen LogP contribution in [0.4, 0.5) is 0 Å². The average molecular weight is 308 g/mol. The van der Waals surface area contributed by atoms with E-state index < -0.39 is 5.97 Å². The van der Waals surface area contributed by atoms with Crippen LogP contribution >= 0.6 is 11.8 Å². The lowest BCUT2D eigenvalue weighted by Gasteiger charge is -2.37. The van der Waals surface area contributed by atoms with Crippen molar-refractivity contribution in [3.63, 3.8) is 0 Å². The van der Waals surface area contributed by atoms with E-state index in [2.05, 4.69) is 0 Å². The SMILES string of the molecule is O=C(O)Cc1ccc(OC2CCOC3(CCSC3)C2)cc1. The first-order valence-electron chi connectivity index (χ1n) is 7.34. The van der Waals surface area contributed by atoms with E-state index in [1.54, 1.807) is 0 Å². The molecule has 2 atom stereocenters. The second-order valence-electron chi connectivity index (χ2n) is 5.78. The fraction of sp³-hybridized carbons (Fsp3) is 0.562. The molecule has 2 aliphatic rings. The number of aliphatic carboxylic acids is 1. The molecule has 2 heterocycles. The average Bonchev–Trinajstić information content (AvgIpc) is 2.88. The molecule has 2 aliphatic heterocycles. The summed E-state index contributed by atoms with van der Waals surface area (Å²) in [5, 5.41) is 8.77. The zero-order valence-electron chi connectivity index (χ0n) is 11.9. The van der Waals surface area contributed by atoms with Crippen LogP contribution in [-0.4, -0.2) is 40.9 Å². The van der Waals surface area contributed by atoms with E-state index >= 15 is 0 Å². The molecule has 21 heavy (non-hydrogen) atoms. The minimum atomic E-state index is -0.811. The number of carboxylic acid groups (broad SMARTS) is 1. The highest BCUT2D eigenvalue weighted by Gasteiger charge is 2.41. The lowest BCUT2D eigenvalue weighted by atomic mass is 9.91. The van der Waals surface area contributed by atoms with E-state index in [1.807, 2.05) is 36.0 Å². The zero-order chi connectivity index (χ0) is 14.7. The summed E-state index contributed by atoms with van der Waals surface area (Å²) in [4.78, 5) is 10.7. The Labute approximate surface area is 128 Å². The Kier molecular flexibility index (Phi) is 4.40. The maximum absolute atomic E-state index is 10.7. The third-order valence-electron chi connectivity index (χ3n) is 4.10. The van der Waals surface area contributed by atoms with Crippen LogP contribution in [-0.2, 0) is 16.0 Å². The van der Waals surface area contributed by atoms with Crippen LogP contribution in [0.2, 0.25) is 0 Å². The van der Waals surface area contributed by atoms with Gasteiger partial charge in [-0.05, 0) is 29.9 Å². The van der Waals surface area contributed by atoms with Gasteiger partial charge in [0.25, 0.3) is 0 Å². The van der Waals surface area contributed by atoms with Gasteiger partial charge < -0.3 is 14.6 Å². The van der Waals surface area contributed by atoms with Crippen molar-refractivity contribution in [3.8, 4) is 5.75 Å². The van der Waals surface area contributed by atoms with Crippen molar-refractivity contribution < 1.29 is 19.4 Å². The Balaban J connectivity index is 1.59. The third-order valence-corrected chi connectivity index (χ3v) is 5.32. The fourth-order valence-corrected chi connectivity index (χ4v) is 4.38. The first-order chi connectivity index (χ1) is 10.2. The highest BCUT2D eigenvalue weighted by Crippen LogP contribution is 2.39. The number of ether oxygens (including phenoxy) is 2. The minimum absolute atomic E-state index is 0.0246. The van der Waals surface area contributed by atoms with Crippen LogP contribution in [0.1, 0.15) is 24.8 Å². The number of rotatable bonds is 4. The summed E-state index contributed by atoms with van der Waals surface area (Å²) in [5.74, 6) is 2.26. The summed E-state index contributed by atoms with van der Waals surface area (Å²) >= 11 is 1.96. The molecule has 0 amide bonds. The molecular formula is C16H20O4S. The van der Waals surface area contributed by atoms with Crippen molar-refractivity contribution in [1.82, 2.24) is 0 Å². The minimum Gasteiger partial charge on any atom is -0.490 e. The number of benzene rings is 1. The normalized spacial score (nSPS) is 28.7. The molecule has 3 rings (SSSR count). The predicted molar refractivity (Wildman–Crippen MR) is 82.1 cm³/mol. The van der Waals surface area contributed by atoms with Crippen molar-refractivity contribution in [3.05, 3.63) is 29.8 Å². The van der Waals surface area contributed by atoms with Crippen LogP contribution in [0.25, 0.3) is 0 Å². The number of thioether (sulfide) groups is 1. The van der Waals surface area contributed by atoms with Gasteiger partial charge in [-0.25, -0.2) is 0 Å². The number of carbonyl (C=O) groups is 1. The second-order valence-corrected chi connectivity index (χ2v) is 6.89. The van der Waals surface area contributed by atoms with Gasteiger partial charge in [-0.1, -0.05) is 12.1 Å². The number of hydrogen-bond donors (Lipinski definition) is 1. The van der Waals surface area contributed by atoms with E-state index in [1.165, 1.54) is 5.75 Å². The number of hydrogen-bond acceptors (Lipinski definition) is 4. The Morgan fingerprint density at radius 2 is 2.24 bits per heavy atom. The molecule has 5 heteroatoms. The van der Waals surface area contributed by atoms with Gasteiger partial charge in [-0.3, -0.25) is 4.79 Å². The van der Waals surface area contributed by atoms with Crippen molar-refractivity contribution >= 4 is 17.7 Å². The first kappa shape index (κ1) is 14.7. The lowest BCUT2D eigenvalue weighted by Crippen LogP contribution is -2.43. The maximum Gasteiger partial charge on any atom is 0.307 e. The largest absolute Gasteiger partial charge is 0.490 e. The van der Waals surface area contributed by atoms with Crippen molar-refractivity contribution in [2.24, 2.45) is 0 Å². The predicted octanol–water partition coefficient (Wildman–Crippen LogP) is 2.75. The topological polar surface area (TPSA) is 55.8 Å². The molecule has 114 valence electrons. The van der Waals surface area contributed by atoms with Crippen molar-refractivity contribution in [2.45, 2.75) is 37.4 Å². The molecule has 0 aliphatic carbocycles. The summed E-state index contributed by atoms with van der Waals surface area (Å²) in [7, 11) is 0. The molecule has 0 bridgehead atoms. The quantitative estimate of drug-likeness (QED) is 0.927. The van der Waals surface area contributed by atoms with Gasteiger partial charge in [-0.15, -0.1) is 0 Å². The van der Waals surface area contributed by atoms with E-state index in [9.17, 15) is 4.79 Å². The van der Waals surface area contributed by atoms with E-state index in [0.29, 0.717) is 0 Å².